The summed E-state index contributed by atoms with van der Waals surface area (Å²) in [4.78, 5) is 77.5. The number of hydrogen-bond donors (Lipinski definition) is 6. The van der Waals surface area contributed by atoms with E-state index in [4.69, 9.17) is 0 Å². The highest BCUT2D eigenvalue weighted by atomic mass is 33.1. The van der Waals surface area contributed by atoms with Gasteiger partial charge in [-0.15, -0.1) is 13.2 Å². The maximum Gasteiger partial charge on any atom is 0.242 e. The van der Waals surface area contributed by atoms with E-state index >= 15 is 0 Å². The molecule has 0 aromatic carbocycles. The van der Waals surface area contributed by atoms with Crippen LogP contribution in [-0.2, 0) is 28.8 Å². The number of nitrogens with one attached hydrogen (secondary N) is 6. The zero-order valence-corrected chi connectivity index (χ0v) is 46.9. The number of allylic oxidation sites excluding steroid dienone is 4. The van der Waals surface area contributed by atoms with Gasteiger partial charge in [0.15, 0.2) is 0 Å². The van der Waals surface area contributed by atoms with E-state index in [9.17, 15) is 28.8 Å². The molecule has 0 unspecified atom stereocenters. The summed E-state index contributed by atoms with van der Waals surface area (Å²) in [5, 5.41) is 18.1. The Morgan fingerprint density at radius 1 is 0.556 bits per heavy atom. The van der Waals surface area contributed by atoms with E-state index in [1.165, 1.54) is 70.6 Å². The smallest absolute Gasteiger partial charge is 0.242 e. The minimum Gasteiger partial charge on any atom is -0.356 e. The van der Waals surface area contributed by atoms with E-state index in [2.05, 4.69) is 57.2 Å². The monoisotopic (exact) mass is 1040 g/mol. The molecule has 0 radical (unpaired) electrons. The number of carbonyl (C=O) groups is 6. The van der Waals surface area contributed by atoms with Crippen LogP contribution >= 0.6 is 21.6 Å². The predicted molar refractivity (Wildman–Crippen MR) is 306 cm³/mol. The second-order valence-electron chi connectivity index (χ2n) is 19.8. The largest absolute Gasteiger partial charge is 0.356 e. The van der Waals surface area contributed by atoms with Gasteiger partial charge in [-0.05, 0) is 116 Å². The molecule has 414 valence electrons. The number of unbranched alkanes of at least 4 members (excludes halogenated alkanes) is 13. The van der Waals surface area contributed by atoms with Gasteiger partial charge in [0.1, 0.15) is 12.1 Å². The van der Waals surface area contributed by atoms with Gasteiger partial charge in [0.05, 0.1) is 0 Å². The van der Waals surface area contributed by atoms with Crippen molar-refractivity contribution >= 4 is 57.0 Å². The second kappa shape index (κ2) is 51.2. The molecule has 12 nitrogen and oxygen atoms in total. The summed E-state index contributed by atoms with van der Waals surface area (Å²) in [5.74, 6) is 0.906. The van der Waals surface area contributed by atoms with Crippen molar-refractivity contribution in [3.8, 4) is 0 Å². The Bertz CT molecular complexity index is 1450. The zero-order chi connectivity index (χ0) is 52.2. The van der Waals surface area contributed by atoms with Gasteiger partial charge >= 0.3 is 0 Å². The van der Waals surface area contributed by atoms with Crippen LogP contribution in [0.4, 0.5) is 0 Å². The van der Waals surface area contributed by atoms with Crippen molar-refractivity contribution < 1.29 is 28.8 Å². The van der Waals surface area contributed by atoms with Gasteiger partial charge in [-0.3, -0.25) is 28.8 Å². The summed E-state index contributed by atoms with van der Waals surface area (Å²) in [6.45, 7) is 9.57. The van der Waals surface area contributed by atoms with Gasteiger partial charge < -0.3 is 31.9 Å². The Kier molecular flexibility index (Phi) is 47.5. The maximum absolute atomic E-state index is 13.4. The molecular formula is C58H104N6O6S2. The number of hydrogen-bond acceptors (Lipinski definition) is 8. The molecule has 0 bridgehead atoms. The van der Waals surface area contributed by atoms with E-state index < -0.39 is 12.1 Å². The van der Waals surface area contributed by atoms with Crippen molar-refractivity contribution in [3.05, 3.63) is 37.5 Å². The zero-order valence-electron chi connectivity index (χ0n) is 45.3. The highest BCUT2D eigenvalue weighted by molar-refractivity contribution is 8.76. The highest BCUT2D eigenvalue weighted by Gasteiger charge is 2.22. The van der Waals surface area contributed by atoms with Crippen molar-refractivity contribution in [2.24, 2.45) is 0 Å². The third-order valence-electron chi connectivity index (χ3n) is 13.2. The minimum absolute atomic E-state index is 0.0725. The van der Waals surface area contributed by atoms with Crippen molar-refractivity contribution in [2.45, 2.75) is 256 Å². The van der Waals surface area contributed by atoms with Crippen LogP contribution < -0.4 is 31.9 Å². The molecule has 0 saturated heterocycles. The van der Waals surface area contributed by atoms with Crippen LogP contribution in [0, 0.1) is 0 Å². The first-order chi connectivity index (χ1) is 35.3. The third kappa shape index (κ3) is 44.2. The average molecular weight is 1050 g/mol. The van der Waals surface area contributed by atoms with Gasteiger partial charge in [0, 0.05) is 63.4 Å². The Balaban J connectivity index is 2.54. The molecular weight excluding hydrogens is 941 g/mol. The standard InChI is InChI=1S/C58H104N6O6S2/c1-3-5-7-9-11-23-27-31-41-53(65)59-45-37-35-39-51(63-55(67)43-33-29-24-12-10-8-6-4-2)57(69)61-47-49-71-72-50-48-62-58(70)52-40-36-38-46-60-54(66)42-32-28-25-21-19-17-15-13-14-16-18-20-22-26-30-34-44-56(68)64-52/h3-4,13-14,51-52H,1-2,5-12,15-50H2,(H,59,65)(H,60,66)(H,61,69)(H,62,70)(H,63,67)(H,64,68)/b14-13-/t51-,52-/m0/s1. The van der Waals surface area contributed by atoms with E-state index in [0.29, 0.717) is 89.1 Å². The van der Waals surface area contributed by atoms with Crippen molar-refractivity contribution in [1.82, 2.24) is 31.9 Å². The Hall–Kier alpha value is -3.26. The molecule has 6 amide bonds. The summed E-state index contributed by atoms with van der Waals surface area (Å²) < 4.78 is 0. The first-order valence-corrected chi connectivity index (χ1v) is 31.5. The summed E-state index contributed by atoms with van der Waals surface area (Å²) in [5.41, 5.74) is 0. The van der Waals surface area contributed by atoms with Gasteiger partial charge in [0.25, 0.3) is 0 Å². The molecule has 1 aliphatic heterocycles. The molecule has 0 aromatic heterocycles. The van der Waals surface area contributed by atoms with E-state index in [1.807, 2.05) is 12.2 Å². The summed E-state index contributed by atoms with van der Waals surface area (Å²) in [6.07, 6.45) is 45.3. The first kappa shape index (κ1) is 66.8. The second-order valence-corrected chi connectivity index (χ2v) is 22.5. The van der Waals surface area contributed by atoms with Crippen molar-refractivity contribution in [2.75, 3.05) is 37.7 Å². The van der Waals surface area contributed by atoms with Crippen LogP contribution in [0.3, 0.4) is 0 Å². The third-order valence-corrected chi connectivity index (χ3v) is 15.6. The molecule has 72 heavy (non-hydrogen) atoms. The van der Waals surface area contributed by atoms with Gasteiger partial charge in [0.2, 0.25) is 35.4 Å². The quantitative estimate of drug-likeness (QED) is 0.0214. The molecule has 0 aliphatic carbocycles. The molecule has 1 aliphatic rings. The lowest BCUT2D eigenvalue weighted by Gasteiger charge is -2.19. The SMILES string of the molecule is C=CCCCCCCCCC(=O)NCCCC[C@H](NC(=O)CCCCCCCCC=C)C(=O)NCCSSCCNC(=O)[C@@H]1CCCCNC(=O)CCCCCCCC/C=C\CCCCCCCCC(=O)N1. The summed E-state index contributed by atoms with van der Waals surface area (Å²) in [7, 11) is 3.22. The molecule has 0 saturated carbocycles. The fraction of sp³-hybridized carbons (Fsp3) is 0.793. The molecule has 0 aromatic rings. The Labute approximate surface area is 446 Å². The predicted octanol–water partition coefficient (Wildman–Crippen LogP) is 12.6. The highest BCUT2D eigenvalue weighted by Crippen LogP contribution is 2.20. The Morgan fingerprint density at radius 2 is 1.07 bits per heavy atom. The van der Waals surface area contributed by atoms with Crippen LogP contribution in [-0.4, -0.2) is 85.2 Å². The van der Waals surface area contributed by atoms with Crippen molar-refractivity contribution in [1.29, 1.82) is 0 Å². The first-order valence-electron chi connectivity index (χ1n) is 29.1. The van der Waals surface area contributed by atoms with Crippen LogP contribution in [0.2, 0.25) is 0 Å². The molecule has 14 heteroatoms. The molecule has 0 fully saturated rings. The number of carbonyl (C=O) groups excluding carboxylic acids is 6. The molecule has 0 spiro atoms. The van der Waals surface area contributed by atoms with E-state index in [0.717, 1.165) is 122 Å². The normalized spacial score (nSPS) is 17.5. The average Bonchev–Trinajstić information content (AvgIpc) is 3.36. The Morgan fingerprint density at radius 3 is 1.67 bits per heavy atom. The fourth-order valence-corrected chi connectivity index (χ4v) is 10.6. The van der Waals surface area contributed by atoms with Crippen LogP contribution in [0.5, 0.6) is 0 Å². The lowest BCUT2D eigenvalue weighted by molar-refractivity contribution is -0.129. The molecule has 2 atom stereocenters. The van der Waals surface area contributed by atoms with Crippen LogP contribution in [0.1, 0.15) is 244 Å². The van der Waals surface area contributed by atoms with E-state index in [-0.39, 0.29) is 35.4 Å². The van der Waals surface area contributed by atoms with E-state index in [1.54, 1.807) is 21.6 Å². The van der Waals surface area contributed by atoms with Crippen LogP contribution in [0.25, 0.3) is 0 Å². The number of rotatable bonds is 33. The van der Waals surface area contributed by atoms with Crippen molar-refractivity contribution in [3.63, 3.8) is 0 Å². The topological polar surface area (TPSA) is 175 Å². The lowest BCUT2D eigenvalue weighted by atomic mass is 10.1. The van der Waals surface area contributed by atoms with Crippen LogP contribution in [0.15, 0.2) is 37.5 Å². The van der Waals surface area contributed by atoms with Gasteiger partial charge in [-0.25, -0.2) is 0 Å². The van der Waals surface area contributed by atoms with Gasteiger partial charge in [-0.1, -0.05) is 149 Å². The van der Waals surface area contributed by atoms with Gasteiger partial charge in [-0.2, -0.15) is 0 Å². The molecule has 6 N–H and O–H groups in total. The lowest BCUT2D eigenvalue weighted by Crippen LogP contribution is -2.47. The maximum atomic E-state index is 13.4. The molecule has 1 heterocycles. The fourth-order valence-electron chi connectivity index (χ4n) is 8.75. The minimum atomic E-state index is -0.631. The molecule has 1 rings (SSSR count). The number of amides is 6. The summed E-state index contributed by atoms with van der Waals surface area (Å²) >= 11 is 0. The summed E-state index contributed by atoms with van der Waals surface area (Å²) in [6, 6.07) is -1.25.